The highest BCUT2D eigenvalue weighted by Crippen LogP contribution is 2.52. The lowest BCUT2D eigenvalue weighted by molar-refractivity contribution is -0.140. The third kappa shape index (κ3) is 4.67. The van der Waals surface area contributed by atoms with Gasteiger partial charge >= 0.3 is 0 Å². The number of Topliss-reactive ketones (excluding diaryl/α,β-unsaturated/α-hetero) is 1. The third-order valence-corrected chi connectivity index (χ3v) is 14.2. The second kappa shape index (κ2) is 10.4. The summed E-state index contributed by atoms with van der Waals surface area (Å²) in [5.41, 5.74) is 1.02. The van der Waals surface area contributed by atoms with Gasteiger partial charge < -0.3 is 23.7 Å². The summed E-state index contributed by atoms with van der Waals surface area (Å²) < 4.78 is 25.8. The molecular formula is C30H44O6Si. The number of fused-ring (bicyclic) bond motifs is 1. The summed E-state index contributed by atoms with van der Waals surface area (Å²) in [5.74, 6) is -0.0716. The average molecular weight is 529 g/mol. The van der Waals surface area contributed by atoms with Crippen molar-refractivity contribution in [1.82, 2.24) is 0 Å². The number of aliphatic hydroxyl groups is 1. The quantitative estimate of drug-likeness (QED) is 0.306. The fourth-order valence-corrected chi connectivity index (χ4v) is 12.2. The molecule has 2 aliphatic heterocycles. The van der Waals surface area contributed by atoms with Crippen LogP contribution in [0, 0.1) is 0 Å². The molecule has 1 fully saturated rings. The van der Waals surface area contributed by atoms with Crippen molar-refractivity contribution in [3.63, 3.8) is 0 Å². The van der Waals surface area contributed by atoms with Gasteiger partial charge in [0.1, 0.15) is 6.10 Å². The van der Waals surface area contributed by atoms with Gasteiger partial charge in [-0.3, -0.25) is 4.79 Å². The van der Waals surface area contributed by atoms with Gasteiger partial charge in [-0.2, -0.15) is 0 Å². The minimum atomic E-state index is -2.20. The molecule has 1 aliphatic carbocycles. The Morgan fingerprint density at radius 2 is 1.57 bits per heavy atom. The van der Waals surface area contributed by atoms with Crippen LogP contribution in [0.25, 0.3) is 5.57 Å². The Kier molecular flexibility index (Phi) is 7.95. The molecule has 2 unspecified atom stereocenters. The molecule has 0 amide bonds. The van der Waals surface area contributed by atoms with Gasteiger partial charge in [-0.15, -0.1) is 0 Å². The Bertz CT molecular complexity index is 1040. The molecule has 0 spiro atoms. The van der Waals surface area contributed by atoms with E-state index in [1.165, 1.54) is 0 Å². The maximum absolute atomic E-state index is 13.7. The lowest BCUT2D eigenvalue weighted by atomic mass is 9.68. The minimum absolute atomic E-state index is 0.211. The topological polar surface area (TPSA) is 74.2 Å². The second-order valence-electron chi connectivity index (χ2n) is 11.9. The molecule has 0 aromatic heterocycles. The first-order chi connectivity index (χ1) is 17.3. The van der Waals surface area contributed by atoms with E-state index in [1.54, 1.807) is 0 Å². The Hall–Kier alpha value is -1.77. The zero-order valence-corrected chi connectivity index (χ0v) is 24.8. The highest BCUT2D eigenvalue weighted by Gasteiger charge is 2.62. The van der Waals surface area contributed by atoms with Crippen molar-refractivity contribution in [3.8, 4) is 0 Å². The molecule has 4 rings (SSSR count). The average Bonchev–Trinajstić information content (AvgIpc) is 3.23. The van der Waals surface area contributed by atoms with Crippen molar-refractivity contribution in [3.05, 3.63) is 53.3 Å². The van der Waals surface area contributed by atoms with E-state index in [0.717, 1.165) is 5.56 Å². The molecule has 2 heterocycles. The largest absolute Gasteiger partial charge is 0.491 e. The Balaban J connectivity index is 1.70. The first kappa shape index (κ1) is 28.2. The first-order valence-corrected chi connectivity index (χ1v) is 15.9. The van der Waals surface area contributed by atoms with Gasteiger partial charge in [0.15, 0.2) is 12.0 Å². The van der Waals surface area contributed by atoms with Crippen molar-refractivity contribution in [2.24, 2.45) is 0 Å². The fourth-order valence-electron chi connectivity index (χ4n) is 6.74. The fraction of sp³-hybridized carbons (Fsp3) is 0.633. The SMILES string of the molecule is CC(C)OC1=C(c2ccccc2)C(=O)C1(O)C1=C[C@H](C)O[C@H]2CC(O[Si](C(C)C)(C(C)C)C(C)C)O[C@@H]12. The van der Waals surface area contributed by atoms with E-state index in [2.05, 4.69) is 41.5 Å². The van der Waals surface area contributed by atoms with Crippen molar-refractivity contribution in [2.75, 3.05) is 0 Å². The van der Waals surface area contributed by atoms with Crippen LogP contribution in [0.1, 0.15) is 74.3 Å². The Labute approximate surface area is 223 Å². The molecule has 7 heteroatoms. The number of benzene rings is 1. The van der Waals surface area contributed by atoms with E-state index in [4.69, 9.17) is 18.6 Å². The van der Waals surface area contributed by atoms with Gasteiger partial charge in [-0.1, -0.05) is 78.0 Å². The van der Waals surface area contributed by atoms with Gasteiger partial charge in [0.05, 0.1) is 23.9 Å². The molecule has 37 heavy (non-hydrogen) atoms. The standard InChI is InChI=1S/C30H44O6Si/c1-17(2)33-29-26(22-13-11-10-12-14-22)28(31)30(29,32)23-15-21(9)34-24-16-25(35-27(23)24)36-37(18(3)4,19(5)6)20(7)8/h10-15,17-21,24-25,27,32H,16H2,1-9H3/t21-,24-,25?,27-,30?/m0/s1. The van der Waals surface area contributed by atoms with Crippen LogP contribution in [0.3, 0.4) is 0 Å². The van der Waals surface area contributed by atoms with Crippen molar-refractivity contribution in [2.45, 2.75) is 122 Å². The normalized spacial score (nSPS) is 30.3. The van der Waals surface area contributed by atoms with Crippen LogP contribution in [0.4, 0.5) is 0 Å². The lowest BCUT2D eigenvalue weighted by Crippen LogP contribution is -2.57. The first-order valence-electron chi connectivity index (χ1n) is 13.8. The molecule has 3 aliphatic rings. The molecule has 1 aromatic carbocycles. The van der Waals surface area contributed by atoms with Crippen LogP contribution >= 0.6 is 0 Å². The van der Waals surface area contributed by atoms with Crippen LogP contribution in [0.15, 0.2) is 47.7 Å². The molecule has 1 saturated heterocycles. The molecular weight excluding hydrogens is 484 g/mol. The summed E-state index contributed by atoms with van der Waals surface area (Å²) in [4.78, 5) is 13.7. The zero-order valence-electron chi connectivity index (χ0n) is 23.8. The van der Waals surface area contributed by atoms with E-state index < -0.39 is 26.3 Å². The summed E-state index contributed by atoms with van der Waals surface area (Å²) in [6.07, 6.45) is 0.551. The van der Waals surface area contributed by atoms with Gasteiger partial charge in [-0.05, 0) is 43.0 Å². The van der Waals surface area contributed by atoms with Crippen molar-refractivity contribution in [1.29, 1.82) is 0 Å². The maximum Gasteiger partial charge on any atom is 0.210 e. The number of ether oxygens (including phenoxy) is 3. The summed E-state index contributed by atoms with van der Waals surface area (Å²) in [5, 5.41) is 12.0. The summed E-state index contributed by atoms with van der Waals surface area (Å²) in [6, 6.07) is 9.38. The van der Waals surface area contributed by atoms with E-state index in [0.29, 0.717) is 39.9 Å². The van der Waals surface area contributed by atoms with Gasteiger partial charge in [0.25, 0.3) is 0 Å². The molecule has 0 saturated carbocycles. The van der Waals surface area contributed by atoms with E-state index >= 15 is 0 Å². The number of carbonyl (C=O) groups is 1. The molecule has 6 nitrogen and oxygen atoms in total. The molecule has 1 N–H and O–H groups in total. The number of carbonyl (C=O) groups excluding carboxylic acids is 1. The van der Waals surface area contributed by atoms with Crippen LogP contribution in [0.2, 0.25) is 16.6 Å². The number of ketones is 1. The van der Waals surface area contributed by atoms with Crippen molar-refractivity contribution >= 4 is 19.7 Å². The van der Waals surface area contributed by atoms with Gasteiger partial charge in [-0.25, -0.2) is 0 Å². The smallest absolute Gasteiger partial charge is 0.210 e. The monoisotopic (exact) mass is 528 g/mol. The zero-order chi connectivity index (χ0) is 27.3. The Morgan fingerprint density at radius 1 is 0.973 bits per heavy atom. The molecule has 5 atom stereocenters. The van der Waals surface area contributed by atoms with Crippen LogP contribution in [-0.4, -0.2) is 55.5 Å². The number of hydrogen-bond donors (Lipinski definition) is 1. The van der Waals surface area contributed by atoms with E-state index in [-0.39, 0.29) is 24.1 Å². The lowest BCUT2D eigenvalue weighted by Gasteiger charge is -2.45. The third-order valence-electron chi connectivity index (χ3n) is 8.16. The highest BCUT2D eigenvalue weighted by atomic mass is 28.4. The molecule has 0 radical (unpaired) electrons. The summed E-state index contributed by atoms with van der Waals surface area (Å²) in [6.45, 7) is 19.2. The van der Waals surface area contributed by atoms with Crippen LogP contribution in [-0.2, 0) is 23.4 Å². The van der Waals surface area contributed by atoms with Crippen LogP contribution in [0.5, 0.6) is 0 Å². The second-order valence-corrected chi connectivity index (χ2v) is 17.3. The maximum atomic E-state index is 13.7. The number of hydrogen-bond acceptors (Lipinski definition) is 6. The van der Waals surface area contributed by atoms with Crippen LogP contribution < -0.4 is 0 Å². The molecule has 1 aromatic rings. The predicted molar refractivity (Wildman–Crippen MR) is 147 cm³/mol. The molecule has 204 valence electrons. The predicted octanol–water partition coefficient (Wildman–Crippen LogP) is 6.16. The van der Waals surface area contributed by atoms with Gasteiger partial charge in [0.2, 0.25) is 19.7 Å². The van der Waals surface area contributed by atoms with E-state index in [1.807, 2.05) is 57.2 Å². The summed E-state index contributed by atoms with van der Waals surface area (Å²) >= 11 is 0. The minimum Gasteiger partial charge on any atom is -0.491 e. The summed E-state index contributed by atoms with van der Waals surface area (Å²) in [7, 11) is -2.20. The van der Waals surface area contributed by atoms with E-state index in [9.17, 15) is 9.90 Å². The van der Waals surface area contributed by atoms with Gasteiger partial charge in [0, 0.05) is 12.0 Å². The Morgan fingerprint density at radius 3 is 2.11 bits per heavy atom. The molecule has 0 bridgehead atoms. The van der Waals surface area contributed by atoms with Crippen molar-refractivity contribution < 1.29 is 28.5 Å². The number of rotatable bonds is 9. The highest BCUT2D eigenvalue weighted by molar-refractivity contribution is 6.77.